The van der Waals surface area contributed by atoms with E-state index in [1.165, 1.54) is 11.8 Å². The van der Waals surface area contributed by atoms with Crippen molar-refractivity contribution in [3.05, 3.63) is 22.1 Å². The number of aliphatic carboxylic acids is 1. The minimum atomic E-state index is -0.770. The van der Waals surface area contributed by atoms with Gasteiger partial charge in [-0.05, 0) is 28.4 Å². The van der Waals surface area contributed by atoms with E-state index in [0.29, 0.717) is 6.42 Å². The van der Waals surface area contributed by atoms with E-state index in [0.717, 1.165) is 19.6 Å². The van der Waals surface area contributed by atoms with E-state index in [4.69, 9.17) is 5.11 Å². The van der Waals surface area contributed by atoms with Gasteiger partial charge in [-0.3, -0.25) is 4.79 Å². The van der Waals surface area contributed by atoms with Gasteiger partial charge in [0.15, 0.2) is 0 Å². The molecule has 6 heteroatoms. The van der Waals surface area contributed by atoms with Crippen molar-refractivity contribution >= 4 is 55.2 Å². The third-order valence-electron chi connectivity index (χ3n) is 2.31. The van der Waals surface area contributed by atoms with Gasteiger partial charge < -0.3 is 5.11 Å². The molecule has 0 amide bonds. The number of thiophene rings is 1. The Bertz CT molecular complexity index is 555. The molecule has 0 spiro atoms. The summed E-state index contributed by atoms with van der Waals surface area (Å²) in [5.74, 6) is -0.770. The lowest BCUT2D eigenvalue weighted by atomic mass is 10.3. The van der Waals surface area contributed by atoms with Crippen molar-refractivity contribution in [3.63, 3.8) is 0 Å². The van der Waals surface area contributed by atoms with E-state index in [-0.39, 0.29) is 0 Å². The van der Waals surface area contributed by atoms with Crippen LogP contribution in [0, 0.1) is 0 Å². The van der Waals surface area contributed by atoms with Gasteiger partial charge in [0.25, 0.3) is 0 Å². The fourth-order valence-corrected chi connectivity index (χ4v) is 4.30. The van der Waals surface area contributed by atoms with Crippen molar-refractivity contribution in [1.29, 1.82) is 0 Å². The molecule has 2 heterocycles. The van der Waals surface area contributed by atoms with Gasteiger partial charge in [-0.15, -0.1) is 23.1 Å². The molecule has 1 N–H and O–H groups in total. The van der Waals surface area contributed by atoms with Crippen molar-refractivity contribution < 1.29 is 9.90 Å². The highest BCUT2D eigenvalue weighted by Gasteiger charge is 2.19. The van der Waals surface area contributed by atoms with E-state index in [1.54, 1.807) is 17.5 Å². The predicted octanol–water partition coefficient (Wildman–Crippen LogP) is 4.01. The summed E-state index contributed by atoms with van der Waals surface area (Å²) in [6.45, 7) is 1.88. The molecular formula is C11H10BrNO2S2. The molecule has 0 fully saturated rings. The molecule has 0 aliphatic rings. The van der Waals surface area contributed by atoms with Crippen LogP contribution in [0.1, 0.15) is 13.3 Å². The Hall–Kier alpha value is -0.590. The van der Waals surface area contributed by atoms with E-state index >= 15 is 0 Å². The van der Waals surface area contributed by atoms with Crippen molar-refractivity contribution in [2.45, 2.75) is 23.5 Å². The molecule has 1 unspecified atom stereocenters. The number of fused-ring (bicyclic) bond motifs is 1. The number of carbonyl (C=O) groups is 1. The van der Waals surface area contributed by atoms with Crippen molar-refractivity contribution in [3.8, 4) is 0 Å². The molecular weight excluding hydrogens is 322 g/mol. The van der Waals surface area contributed by atoms with E-state index in [1.807, 2.05) is 18.4 Å². The lowest BCUT2D eigenvalue weighted by Crippen LogP contribution is -2.14. The second-order valence-electron chi connectivity index (χ2n) is 3.43. The first kappa shape index (κ1) is 12.9. The zero-order chi connectivity index (χ0) is 12.4. The summed E-state index contributed by atoms with van der Waals surface area (Å²) >= 11 is 6.41. The first-order valence-corrected chi connectivity index (χ1v) is 7.60. The van der Waals surface area contributed by atoms with Crippen LogP contribution in [0.2, 0.25) is 0 Å². The second kappa shape index (κ2) is 5.37. The van der Waals surface area contributed by atoms with Crippen LogP contribution < -0.4 is 0 Å². The average Bonchev–Trinajstić information content (AvgIpc) is 2.68. The van der Waals surface area contributed by atoms with Gasteiger partial charge in [0.2, 0.25) is 0 Å². The Morgan fingerprint density at radius 2 is 2.47 bits per heavy atom. The summed E-state index contributed by atoms with van der Waals surface area (Å²) in [6, 6.07) is 1.87. The number of thioether (sulfide) groups is 1. The van der Waals surface area contributed by atoms with Gasteiger partial charge >= 0.3 is 5.97 Å². The summed E-state index contributed by atoms with van der Waals surface area (Å²) < 4.78 is 0.980. The van der Waals surface area contributed by atoms with Crippen LogP contribution in [0.5, 0.6) is 0 Å². The van der Waals surface area contributed by atoms with Gasteiger partial charge in [-0.2, -0.15) is 0 Å². The summed E-state index contributed by atoms with van der Waals surface area (Å²) in [4.78, 5) is 17.2. The lowest BCUT2D eigenvalue weighted by molar-refractivity contribution is -0.136. The maximum atomic E-state index is 11.0. The summed E-state index contributed by atoms with van der Waals surface area (Å²) in [5.41, 5.74) is 0. The standard InChI is InChI=1S/C11H10BrNO2S2/c1-2-7(11(14)15)17-8-3-4-13-10-9(8)6(12)5-16-10/h3-5,7H,2H2,1H3,(H,14,15). The van der Waals surface area contributed by atoms with Crippen molar-refractivity contribution in [2.75, 3.05) is 0 Å². The molecule has 0 bridgehead atoms. The Labute approximate surface area is 115 Å². The topological polar surface area (TPSA) is 50.2 Å². The number of carboxylic acids is 1. The van der Waals surface area contributed by atoms with Crippen molar-refractivity contribution in [2.24, 2.45) is 0 Å². The molecule has 2 aromatic heterocycles. The molecule has 2 aromatic rings. The molecule has 0 aromatic carbocycles. The lowest BCUT2D eigenvalue weighted by Gasteiger charge is -2.10. The number of hydrogen-bond donors (Lipinski definition) is 1. The normalized spacial score (nSPS) is 12.8. The van der Waals surface area contributed by atoms with Crippen LogP contribution in [-0.2, 0) is 4.79 Å². The van der Waals surface area contributed by atoms with Gasteiger partial charge in [0.05, 0.1) is 0 Å². The highest BCUT2D eigenvalue weighted by Crippen LogP contribution is 2.38. The number of halogens is 1. The van der Waals surface area contributed by atoms with Gasteiger partial charge in [0, 0.05) is 26.3 Å². The summed E-state index contributed by atoms with van der Waals surface area (Å²) in [7, 11) is 0. The Morgan fingerprint density at radius 3 is 3.12 bits per heavy atom. The van der Waals surface area contributed by atoms with E-state index < -0.39 is 11.2 Å². The number of hydrogen-bond acceptors (Lipinski definition) is 4. The maximum Gasteiger partial charge on any atom is 0.316 e. The number of nitrogens with zero attached hydrogens (tertiary/aromatic N) is 1. The Kier molecular flexibility index (Phi) is 4.06. The molecule has 0 aliphatic carbocycles. The van der Waals surface area contributed by atoms with Gasteiger partial charge in [-0.25, -0.2) is 4.98 Å². The van der Waals surface area contributed by atoms with Crippen LogP contribution in [0.25, 0.3) is 10.2 Å². The number of pyridine rings is 1. The molecule has 3 nitrogen and oxygen atoms in total. The van der Waals surface area contributed by atoms with E-state index in [2.05, 4.69) is 20.9 Å². The molecule has 0 radical (unpaired) electrons. The highest BCUT2D eigenvalue weighted by molar-refractivity contribution is 9.10. The molecule has 1 atom stereocenters. The predicted molar refractivity (Wildman–Crippen MR) is 74.9 cm³/mol. The minimum absolute atomic E-state index is 0.410. The first-order chi connectivity index (χ1) is 8.13. The number of carboxylic acid groups (broad SMARTS) is 1. The third kappa shape index (κ3) is 2.64. The zero-order valence-corrected chi connectivity index (χ0v) is 12.2. The second-order valence-corrected chi connectivity index (χ2v) is 6.38. The maximum absolute atomic E-state index is 11.0. The van der Waals surface area contributed by atoms with Gasteiger partial charge in [-0.1, -0.05) is 6.92 Å². The monoisotopic (exact) mass is 331 g/mol. The van der Waals surface area contributed by atoms with E-state index in [9.17, 15) is 4.79 Å². The number of rotatable bonds is 4. The van der Waals surface area contributed by atoms with Crippen molar-refractivity contribution in [1.82, 2.24) is 4.98 Å². The highest BCUT2D eigenvalue weighted by atomic mass is 79.9. The molecule has 0 aliphatic heterocycles. The Balaban J connectivity index is 2.41. The Morgan fingerprint density at radius 1 is 1.71 bits per heavy atom. The van der Waals surface area contributed by atoms with Crippen LogP contribution >= 0.6 is 39.0 Å². The van der Waals surface area contributed by atoms with Gasteiger partial charge in [0.1, 0.15) is 10.1 Å². The zero-order valence-electron chi connectivity index (χ0n) is 9.01. The molecule has 0 saturated carbocycles. The quantitative estimate of drug-likeness (QED) is 0.860. The molecule has 2 rings (SSSR count). The molecule has 0 saturated heterocycles. The van der Waals surface area contributed by atoms with Crippen LogP contribution in [0.4, 0.5) is 0 Å². The largest absolute Gasteiger partial charge is 0.480 e. The van der Waals surface area contributed by atoms with Crippen LogP contribution in [0.3, 0.4) is 0 Å². The average molecular weight is 332 g/mol. The molecule has 90 valence electrons. The third-order valence-corrected chi connectivity index (χ3v) is 5.53. The SMILES string of the molecule is CCC(Sc1ccnc2scc(Br)c12)C(=O)O. The number of aromatic nitrogens is 1. The summed E-state index contributed by atoms with van der Waals surface area (Å²) in [6.07, 6.45) is 2.33. The smallest absolute Gasteiger partial charge is 0.316 e. The fourth-order valence-electron chi connectivity index (χ4n) is 1.46. The summed E-state index contributed by atoms with van der Waals surface area (Å²) in [5, 5.41) is 11.7. The fraction of sp³-hybridized carbons (Fsp3) is 0.273. The molecule has 17 heavy (non-hydrogen) atoms. The minimum Gasteiger partial charge on any atom is -0.480 e. The van der Waals surface area contributed by atoms with Crippen LogP contribution in [0.15, 0.2) is 27.0 Å². The van der Waals surface area contributed by atoms with Crippen LogP contribution in [-0.4, -0.2) is 21.3 Å². The first-order valence-electron chi connectivity index (χ1n) is 5.04.